The van der Waals surface area contributed by atoms with Crippen molar-refractivity contribution in [1.29, 1.82) is 5.26 Å². The molecule has 0 unspecified atom stereocenters. The number of carbonyl (C=O) groups excluding carboxylic acids is 1. The number of nitriles is 1. The van der Waals surface area contributed by atoms with E-state index in [2.05, 4.69) is 22.0 Å². The van der Waals surface area contributed by atoms with Gasteiger partial charge in [-0.15, -0.1) is 0 Å². The molecule has 0 N–H and O–H groups in total. The van der Waals surface area contributed by atoms with Gasteiger partial charge in [0.25, 0.3) is 0 Å². The second-order valence-electron chi connectivity index (χ2n) is 9.00. The molecule has 0 bridgehead atoms. The molecule has 1 aromatic carbocycles. The van der Waals surface area contributed by atoms with Crippen LogP contribution in [-0.2, 0) is 4.74 Å². The van der Waals surface area contributed by atoms with Crippen molar-refractivity contribution < 1.29 is 18.7 Å². The van der Waals surface area contributed by atoms with Crippen LogP contribution in [0.25, 0.3) is 0 Å². The second-order valence-corrected chi connectivity index (χ2v) is 9.85. The summed E-state index contributed by atoms with van der Waals surface area (Å²) in [5, 5.41) is 9.53. The molecular weight excluding hydrogens is 489 g/mol. The average Bonchev–Trinajstić information content (AvgIpc) is 2.76. The van der Waals surface area contributed by atoms with E-state index in [1.54, 1.807) is 17.0 Å². The van der Waals surface area contributed by atoms with Crippen LogP contribution < -0.4 is 9.64 Å². The van der Waals surface area contributed by atoms with E-state index in [1.165, 1.54) is 7.11 Å². The highest BCUT2D eigenvalue weighted by molar-refractivity contribution is 9.10. The number of allylic oxidation sites excluding steroid dienone is 1. The Labute approximate surface area is 204 Å². The Morgan fingerprint density at radius 1 is 1.36 bits per heavy atom. The van der Waals surface area contributed by atoms with Gasteiger partial charge in [0.15, 0.2) is 11.6 Å². The molecule has 1 amide bonds. The molecule has 0 aliphatic carbocycles. The Morgan fingerprint density at radius 2 is 2.03 bits per heavy atom. The number of nitrogens with zero attached hydrogens (tertiary/aromatic N) is 3. The third kappa shape index (κ3) is 6.29. The summed E-state index contributed by atoms with van der Waals surface area (Å²) in [6.45, 7) is 10.3. The van der Waals surface area contributed by atoms with Crippen LogP contribution in [-0.4, -0.2) is 43.8 Å². The molecule has 33 heavy (non-hydrogen) atoms. The van der Waals surface area contributed by atoms with Crippen LogP contribution in [0, 0.1) is 17.1 Å². The monoisotopic (exact) mass is 521 g/mol. The molecule has 180 valence electrons. The topological polar surface area (TPSA) is 65.8 Å². The van der Waals surface area contributed by atoms with Gasteiger partial charge >= 0.3 is 6.09 Å². The van der Waals surface area contributed by atoms with E-state index < -0.39 is 11.4 Å². The lowest BCUT2D eigenvalue weighted by molar-refractivity contribution is 0.0260. The molecule has 0 radical (unpaired) electrons. The summed E-state index contributed by atoms with van der Waals surface area (Å²) in [5.74, 6) is -0.348. The summed E-state index contributed by atoms with van der Waals surface area (Å²) in [4.78, 5) is 16.4. The number of hydrogen-bond acceptors (Lipinski definition) is 5. The number of methoxy groups -OCH3 is 1. The van der Waals surface area contributed by atoms with Gasteiger partial charge in [0.1, 0.15) is 5.60 Å². The number of hydrogen-bond donors (Lipinski definition) is 0. The van der Waals surface area contributed by atoms with E-state index >= 15 is 0 Å². The molecule has 2 rings (SSSR count). The zero-order valence-electron chi connectivity index (χ0n) is 20.5. The largest absolute Gasteiger partial charge is 0.492 e. The first-order valence-corrected chi connectivity index (χ1v) is 11.8. The molecule has 0 saturated heterocycles. The lowest BCUT2D eigenvalue weighted by Gasteiger charge is -2.37. The van der Waals surface area contributed by atoms with E-state index in [0.717, 1.165) is 28.8 Å². The fourth-order valence-electron chi connectivity index (χ4n) is 3.81. The first-order valence-electron chi connectivity index (χ1n) is 11.0. The third-order valence-corrected chi connectivity index (χ3v) is 6.25. The number of ether oxygens (including phenoxy) is 2. The fraction of sp³-hybridized carbons (Fsp3) is 0.520. The molecule has 1 heterocycles. The van der Waals surface area contributed by atoms with Crippen molar-refractivity contribution in [2.75, 3.05) is 32.1 Å². The first-order chi connectivity index (χ1) is 15.4. The molecule has 0 aromatic heterocycles. The summed E-state index contributed by atoms with van der Waals surface area (Å²) in [7, 11) is 3.29. The van der Waals surface area contributed by atoms with Gasteiger partial charge in [-0.3, -0.25) is 0 Å². The Kier molecular flexibility index (Phi) is 8.96. The van der Waals surface area contributed by atoms with Gasteiger partial charge in [-0.1, -0.05) is 12.5 Å². The highest BCUT2D eigenvalue weighted by atomic mass is 79.9. The Bertz CT molecular complexity index is 1010. The molecule has 0 saturated carbocycles. The zero-order valence-corrected chi connectivity index (χ0v) is 22.1. The van der Waals surface area contributed by atoms with Crippen LogP contribution in [0.3, 0.4) is 0 Å². The molecular formula is C25H33BrFN3O3. The van der Waals surface area contributed by atoms with E-state index in [4.69, 9.17) is 9.47 Å². The quantitative estimate of drug-likeness (QED) is 0.423. The van der Waals surface area contributed by atoms with Crippen molar-refractivity contribution in [3.05, 3.63) is 44.8 Å². The maximum atomic E-state index is 14.7. The first kappa shape index (κ1) is 26.7. The van der Waals surface area contributed by atoms with Gasteiger partial charge in [0, 0.05) is 25.7 Å². The van der Waals surface area contributed by atoms with Crippen LogP contribution in [0.2, 0.25) is 0 Å². The number of anilines is 1. The number of rotatable bonds is 6. The fourth-order valence-corrected chi connectivity index (χ4v) is 4.12. The van der Waals surface area contributed by atoms with E-state index in [1.807, 2.05) is 46.6 Å². The minimum Gasteiger partial charge on any atom is -0.492 e. The summed E-state index contributed by atoms with van der Waals surface area (Å²) < 4.78 is 26.0. The summed E-state index contributed by atoms with van der Waals surface area (Å²) >= 11 is 3.21. The Hall–Kier alpha value is -2.53. The smallest absolute Gasteiger partial charge is 0.410 e. The Balaban J connectivity index is 2.63. The van der Waals surface area contributed by atoms with Crippen molar-refractivity contribution in [3.63, 3.8) is 0 Å². The van der Waals surface area contributed by atoms with Crippen molar-refractivity contribution >= 4 is 27.7 Å². The van der Waals surface area contributed by atoms with Crippen molar-refractivity contribution in [2.24, 2.45) is 0 Å². The number of carbonyl (C=O) groups is 1. The van der Waals surface area contributed by atoms with Gasteiger partial charge < -0.3 is 19.3 Å². The van der Waals surface area contributed by atoms with Gasteiger partial charge in [-0.2, -0.15) is 5.26 Å². The van der Waals surface area contributed by atoms with Gasteiger partial charge in [0.05, 0.1) is 36.3 Å². The molecule has 0 atom stereocenters. The number of amides is 1. The van der Waals surface area contributed by atoms with Crippen LogP contribution in [0.5, 0.6) is 5.75 Å². The molecule has 6 nitrogen and oxygen atoms in total. The highest BCUT2D eigenvalue weighted by Crippen LogP contribution is 2.39. The zero-order chi connectivity index (χ0) is 24.9. The predicted molar refractivity (Wildman–Crippen MR) is 132 cm³/mol. The lowest BCUT2D eigenvalue weighted by atomic mass is 9.91. The molecule has 1 aliphatic heterocycles. The SMILES string of the molecule is CCC(C)=C(CC#N)C1=C(N(C)c2ccc(Br)c(F)c2OC)CCN(C(=O)OC(C)(C)C)C1. The molecule has 0 fully saturated rings. The van der Waals surface area contributed by atoms with E-state index in [0.29, 0.717) is 29.7 Å². The minimum absolute atomic E-state index is 0.131. The van der Waals surface area contributed by atoms with Crippen LogP contribution >= 0.6 is 15.9 Å². The van der Waals surface area contributed by atoms with Crippen LogP contribution in [0.15, 0.2) is 39.0 Å². The molecule has 0 spiro atoms. The molecule has 1 aliphatic rings. The predicted octanol–water partition coefficient (Wildman–Crippen LogP) is 6.57. The third-order valence-electron chi connectivity index (χ3n) is 5.63. The average molecular weight is 522 g/mol. The highest BCUT2D eigenvalue weighted by Gasteiger charge is 2.31. The summed E-state index contributed by atoms with van der Waals surface area (Å²) in [6.07, 6.45) is 1.14. The van der Waals surface area contributed by atoms with E-state index in [9.17, 15) is 14.4 Å². The maximum Gasteiger partial charge on any atom is 0.410 e. The van der Waals surface area contributed by atoms with Crippen molar-refractivity contribution in [1.82, 2.24) is 4.90 Å². The van der Waals surface area contributed by atoms with Gasteiger partial charge in [-0.05, 0) is 73.3 Å². The summed E-state index contributed by atoms with van der Waals surface area (Å²) in [5.41, 5.74) is 3.77. The summed E-state index contributed by atoms with van der Waals surface area (Å²) in [6, 6.07) is 5.70. The molecule has 8 heteroatoms. The van der Waals surface area contributed by atoms with Gasteiger partial charge in [-0.25, -0.2) is 9.18 Å². The lowest BCUT2D eigenvalue weighted by Crippen LogP contribution is -2.43. The standard InChI is InChI=1S/C25H33BrFN3O3/c1-8-16(2)17(11-13-28)18-15-30(24(31)33-25(3,4)5)14-12-20(18)29(6)21-10-9-19(26)22(27)23(21)32-7/h9-10H,8,11-12,14-15H2,1-7H3. The maximum absolute atomic E-state index is 14.7. The second kappa shape index (κ2) is 11.1. The minimum atomic E-state index is -0.606. The van der Waals surface area contributed by atoms with Crippen molar-refractivity contribution in [2.45, 2.75) is 59.5 Å². The number of halogens is 2. The normalized spacial score (nSPS) is 15.1. The van der Waals surface area contributed by atoms with Crippen molar-refractivity contribution in [3.8, 4) is 11.8 Å². The van der Waals surface area contributed by atoms with E-state index in [-0.39, 0.29) is 18.3 Å². The van der Waals surface area contributed by atoms with Gasteiger partial charge in [0.2, 0.25) is 0 Å². The van der Waals surface area contributed by atoms with Crippen LogP contribution in [0.1, 0.15) is 53.9 Å². The Morgan fingerprint density at radius 3 is 2.58 bits per heavy atom. The van der Waals surface area contributed by atoms with Crippen LogP contribution in [0.4, 0.5) is 14.9 Å². The number of benzene rings is 1. The molecule has 1 aromatic rings.